The van der Waals surface area contributed by atoms with Crippen LogP contribution in [0.15, 0.2) is 24.3 Å². The molecule has 0 bridgehead atoms. The predicted octanol–water partition coefficient (Wildman–Crippen LogP) is 3.51. The van der Waals surface area contributed by atoms with Gasteiger partial charge in [0, 0.05) is 0 Å². The highest BCUT2D eigenvalue weighted by Gasteiger charge is 2.17. The monoisotopic (exact) mass is 208 g/mol. The van der Waals surface area contributed by atoms with Crippen LogP contribution in [0.25, 0.3) is 0 Å². The molecule has 1 nitrogen and oxygen atoms in total. The van der Waals surface area contributed by atoms with Crippen LogP contribution in [0, 0.1) is 0 Å². The molecule has 1 aromatic carbocycles. The molecule has 0 radical (unpaired) electrons. The van der Waals surface area contributed by atoms with Crippen LogP contribution in [0.1, 0.15) is 12.5 Å². The number of hydrogen-bond acceptors (Lipinski definition) is 1. The van der Waals surface area contributed by atoms with Crippen molar-refractivity contribution >= 4 is 8.07 Å². The second kappa shape index (κ2) is 4.65. The molecule has 0 aliphatic heterocycles. The van der Waals surface area contributed by atoms with Crippen molar-refractivity contribution in [1.82, 2.24) is 0 Å². The van der Waals surface area contributed by atoms with Crippen LogP contribution >= 0.6 is 0 Å². The largest absolute Gasteiger partial charge is 0.497 e. The third-order valence-electron chi connectivity index (χ3n) is 2.80. The topological polar surface area (TPSA) is 9.23 Å². The Hall–Kier alpha value is -0.763. The zero-order valence-corrected chi connectivity index (χ0v) is 10.6. The first-order valence-electron chi connectivity index (χ1n) is 5.20. The maximum Gasteiger partial charge on any atom is 0.118 e. The smallest absolute Gasteiger partial charge is 0.118 e. The lowest BCUT2D eigenvalue weighted by Gasteiger charge is -2.20. The molecule has 2 heteroatoms. The standard InChI is InChI=1S/C12H20OSi/c1-5-14(3,4)10-11-6-8-12(13-2)9-7-11/h6-9H,5,10H2,1-4H3. The second-order valence-corrected chi connectivity index (χ2v) is 9.93. The van der Waals surface area contributed by atoms with Crippen LogP contribution in [-0.4, -0.2) is 15.2 Å². The van der Waals surface area contributed by atoms with Crippen LogP contribution in [0.2, 0.25) is 19.1 Å². The van der Waals surface area contributed by atoms with E-state index in [-0.39, 0.29) is 0 Å². The van der Waals surface area contributed by atoms with Gasteiger partial charge >= 0.3 is 0 Å². The fourth-order valence-electron chi connectivity index (χ4n) is 1.42. The molecule has 0 aromatic heterocycles. The van der Waals surface area contributed by atoms with Gasteiger partial charge in [0.2, 0.25) is 0 Å². The van der Waals surface area contributed by atoms with E-state index in [4.69, 9.17) is 4.74 Å². The summed E-state index contributed by atoms with van der Waals surface area (Å²) >= 11 is 0. The molecule has 0 aliphatic rings. The van der Waals surface area contributed by atoms with Gasteiger partial charge in [-0.2, -0.15) is 0 Å². The molecule has 0 N–H and O–H groups in total. The zero-order chi connectivity index (χ0) is 10.6. The number of rotatable bonds is 4. The third-order valence-corrected chi connectivity index (χ3v) is 6.08. The van der Waals surface area contributed by atoms with Gasteiger partial charge < -0.3 is 4.74 Å². The lowest BCUT2D eigenvalue weighted by molar-refractivity contribution is 0.414. The Morgan fingerprint density at radius 3 is 2.14 bits per heavy atom. The highest BCUT2D eigenvalue weighted by molar-refractivity contribution is 6.76. The summed E-state index contributed by atoms with van der Waals surface area (Å²) < 4.78 is 5.14. The summed E-state index contributed by atoms with van der Waals surface area (Å²) in [5.41, 5.74) is 1.45. The molecule has 14 heavy (non-hydrogen) atoms. The lowest BCUT2D eigenvalue weighted by atomic mass is 10.2. The molecule has 1 rings (SSSR count). The minimum atomic E-state index is -0.986. The summed E-state index contributed by atoms with van der Waals surface area (Å²) in [6.45, 7) is 7.18. The van der Waals surface area contributed by atoms with Crippen molar-refractivity contribution in [2.24, 2.45) is 0 Å². The molecule has 0 spiro atoms. The SMILES string of the molecule is CC[Si](C)(C)Cc1ccc(OC)cc1. The van der Waals surface area contributed by atoms with E-state index in [9.17, 15) is 0 Å². The first-order valence-corrected chi connectivity index (χ1v) is 8.62. The van der Waals surface area contributed by atoms with Crippen molar-refractivity contribution in [3.8, 4) is 5.75 Å². The van der Waals surface area contributed by atoms with Crippen molar-refractivity contribution in [2.45, 2.75) is 32.1 Å². The van der Waals surface area contributed by atoms with Crippen LogP contribution in [-0.2, 0) is 6.04 Å². The molecule has 0 saturated carbocycles. The second-order valence-electron chi connectivity index (χ2n) is 4.54. The van der Waals surface area contributed by atoms with Crippen molar-refractivity contribution in [1.29, 1.82) is 0 Å². The number of ether oxygens (including phenoxy) is 1. The molecule has 0 aliphatic carbocycles. The molecule has 0 atom stereocenters. The number of benzene rings is 1. The van der Waals surface area contributed by atoms with Gasteiger partial charge in [0.15, 0.2) is 0 Å². The van der Waals surface area contributed by atoms with Gasteiger partial charge in [-0.3, -0.25) is 0 Å². The summed E-state index contributed by atoms with van der Waals surface area (Å²) in [6, 6.07) is 11.1. The predicted molar refractivity (Wildman–Crippen MR) is 64.7 cm³/mol. The first-order chi connectivity index (χ1) is 6.57. The molecule has 0 heterocycles. The maximum absolute atomic E-state index is 5.14. The Kier molecular flexibility index (Phi) is 3.75. The molecule has 0 amide bonds. The summed E-state index contributed by atoms with van der Waals surface area (Å²) in [5, 5.41) is 0. The fraction of sp³-hybridized carbons (Fsp3) is 0.500. The molecule has 0 unspecified atom stereocenters. The maximum atomic E-state index is 5.14. The Morgan fingerprint density at radius 2 is 1.71 bits per heavy atom. The molecule has 0 saturated heterocycles. The van der Waals surface area contributed by atoms with Gasteiger partial charge in [-0.15, -0.1) is 0 Å². The molecule has 1 aromatic rings. The summed E-state index contributed by atoms with van der Waals surface area (Å²) in [7, 11) is 0.722. The van der Waals surface area contributed by atoms with E-state index in [1.807, 2.05) is 0 Å². The summed E-state index contributed by atoms with van der Waals surface area (Å²) in [5.74, 6) is 0.949. The molecule has 78 valence electrons. The minimum absolute atomic E-state index is 0.949. The Labute approximate surface area is 88.1 Å². The highest BCUT2D eigenvalue weighted by Crippen LogP contribution is 2.18. The van der Waals surface area contributed by atoms with E-state index in [0.717, 1.165) is 5.75 Å². The van der Waals surface area contributed by atoms with Crippen molar-refractivity contribution < 1.29 is 4.74 Å². The van der Waals surface area contributed by atoms with Crippen LogP contribution < -0.4 is 4.74 Å². The van der Waals surface area contributed by atoms with Gasteiger partial charge in [-0.1, -0.05) is 43.8 Å². The van der Waals surface area contributed by atoms with Gasteiger partial charge in [-0.25, -0.2) is 0 Å². The average molecular weight is 208 g/mol. The van der Waals surface area contributed by atoms with Crippen molar-refractivity contribution in [3.05, 3.63) is 29.8 Å². The summed E-state index contributed by atoms with van der Waals surface area (Å²) in [4.78, 5) is 0. The van der Waals surface area contributed by atoms with E-state index >= 15 is 0 Å². The first kappa shape index (κ1) is 11.3. The van der Waals surface area contributed by atoms with Crippen molar-refractivity contribution in [2.75, 3.05) is 7.11 Å². The number of hydrogen-bond donors (Lipinski definition) is 0. The Morgan fingerprint density at radius 1 is 1.14 bits per heavy atom. The van der Waals surface area contributed by atoms with E-state index < -0.39 is 8.07 Å². The zero-order valence-electron chi connectivity index (χ0n) is 9.63. The van der Waals surface area contributed by atoms with Crippen molar-refractivity contribution in [3.63, 3.8) is 0 Å². The van der Waals surface area contributed by atoms with Gasteiger partial charge in [0.1, 0.15) is 5.75 Å². The lowest BCUT2D eigenvalue weighted by Crippen LogP contribution is -2.27. The molecular weight excluding hydrogens is 188 g/mol. The fourth-order valence-corrected chi connectivity index (χ4v) is 3.01. The Bertz CT molecular complexity index is 277. The number of methoxy groups -OCH3 is 1. The Balaban J connectivity index is 2.69. The van der Waals surface area contributed by atoms with Gasteiger partial charge in [0.25, 0.3) is 0 Å². The van der Waals surface area contributed by atoms with Gasteiger partial charge in [0.05, 0.1) is 15.2 Å². The van der Waals surface area contributed by atoms with Crippen LogP contribution in [0.4, 0.5) is 0 Å². The average Bonchev–Trinajstić information content (AvgIpc) is 2.19. The highest BCUT2D eigenvalue weighted by atomic mass is 28.3. The van der Waals surface area contributed by atoms with Crippen LogP contribution in [0.5, 0.6) is 5.75 Å². The van der Waals surface area contributed by atoms with E-state index in [0.29, 0.717) is 0 Å². The minimum Gasteiger partial charge on any atom is -0.497 e. The van der Waals surface area contributed by atoms with E-state index in [2.05, 4.69) is 44.3 Å². The van der Waals surface area contributed by atoms with Crippen LogP contribution in [0.3, 0.4) is 0 Å². The van der Waals surface area contributed by atoms with Gasteiger partial charge in [-0.05, 0) is 18.2 Å². The van der Waals surface area contributed by atoms with E-state index in [1.165, 1.54) is 17.7 Å². The third kappa shape index (κ3) is 3.18. The quantitative estimate of drug-likeness (QED) is 0.688. The molecule has 0 fully saturated rings. The summed E-state index contributed by atoms with van der Waals surface area (Å²) in [6.07, 6.45) is 0. The molecular formula is C12H20OSi. The van der Waals surface area contributed by atoms with E-state index in [1.54, 1.807) is 7.11 Å². The normalized spacial score (nSPS) is 11.4.